The van der Waals surface area contributed by atoms with Crippen LogP contribution < -0.4 is 5.32 Å². The second-order valence-electron chi connectivity index (χ2n) is 5.85. The van der Waals surface area contributed by atoms with E-state index in [1.54, 1.807) is 13.1 Å². The predicted octanol–water partition coefficient (Wildman–Crippen LogP) is 4.57. The van der Waals surface area contributed by atoms with Crippen molar-refractivity contribution < 1.29 is 4.21 Å². The highest BCUT2D eigenvalue weighted by Crippen LogP contribution is 2.23. The fourth-order valence-corrected chi connectivity index (χ4v) is 3.84. The number of guanidine groups is 1. The third-order valence-corrected chi connectivity index (χ3v) is 5.81. The highest BCUT2D eigenvalue weighted by Gasteiger charge is 2.09. The molecule has 0 radical (unpaired) electrons. The van der Waals surface area contributed by atoms with Gasteiger partial charge in [-0.1, -0.05) is 59.6 Å². The summed E-state index contributed by atoms with van der Waals surface area (Å²) in [5, 5.41) is 4.34. The minimum absolute atomic E-state index is 0. The van der Waals surface area contributed by atoms with Crippen LogP contribution in [-0.2, 0) is 23.1 Å². The smallest absolute Gasteiger partial charge is 0.193 e. The number of nitrogens with one attached hydrogen (secondary N) is 1. The van der Waals surface area contributed by atoms with E-state index in [-0.39, 0.29) is 24.0 Å². The molecule has 0 fully saturated rings. The molecule has 2 aromatic carbocycles. The molecular formula is C19H24Cl2IN3OS. The monoisotopic (exact) mass is 539 g/mol. The Balaban J connectivity index is 0.00000364. The normalized spacial score (nSPS) is 12.2. The number of benzene rings is 2. The molecule has 0 saturated carbocycles. The minimum Gasteiger partial charge on any atom is -0.355 e. The van der Waals surface area contributed by atoms with Gasteiger partial charge in [0.1, 0.15) is 0 Å². The molecule has 0 aliphatic carbocycles. The van der Waals surface area contributed by atoms with Gasteiger partial charge in [-0.3, -0.25) is 9.20 Å². The molecule has 1 N–H and O–H groups in total. The Labute approximate surface area is 190 Å². The summed E-state index contributed by atoms with van der Waals surface area (Å²) in [6.45, 7) is 1.24. The lowest BCUT2D eigenvalue weighted by atomic mass is 10.2. The van der Waals surface area contributed by atoms with Crippen molar-refractivity contribution in [1.29, 1.82) is 0 Å². The molecule has 0 heterocycles. The van der Waals surface area contributed by atoms with Crippen LogP contribution >= 0.6 is 47.2 Å². The van der Waals surface area contributed by atoms with Crippen molar-refractivity contribution in [3.63, 3.8) is 0 Å². The molecule has 0 spiro atoms. The summed E-state index contributed by atoms with van der Waals surface area (Å²) in [5.41, 5.74) is 2.13. The van der Waals surface area contributed by atoms with E-state index in [0.717, 1.165) is 17.1 Å². The number of hydrogen-bond donors (Lipinski definition) is 1. The Morgan fingerprint density at radius 1 is 1.11 bits per heavy atom. The van der Waals surface area contributed by atoms with Crippen LogP contribution in [-0.4, -0.2) is 41.5 Å². The zero-order valence-corrected chi connectivity index (χ0v) is 20.0. The highest BCUT2D eigenvalue weighted by atomic mass is 127. The van der Waals surface area contributed by atoms with Gasteiger partial charge in [-0.2, -0.15) is 0 Å². The number of halogens is 3. The molecule has 4 nitrogen and oxygen atoms in total. The summed E-state index contributed by atoms with van der Waals surface area (Å²) < 4.78 is 12.2. The zero-order valence-electron chi connectivity index (χ0n) is 15.3. The number of aliphatic imine (C=N–C) groups is 1. The first-order valence-corrected chi connectivity index (χ1v) is 10.5. The van der Waals surface area contributed by atoms with Crippen LogP contribution in [0.5, 0.6) is 0 Å². The summed E-state index contributed by atoms with van der Waals surface area (Å²) in [4.78, 5) is 6.26. The second-order valence-corrected chi connectivity index (χ2v) is 8.24. The largest absolute Gasteiger partial charge is 0.355 e. The van der Waals surface area contributed by atoms with Gasteiger partial charge in [0.25, 0.3) is 0 Å². The van der Waals surface area contributed by atoms with Crippen molar-refractivity contribution in [3.05, 3.63) is 69.7 Å². The van der Waals surface area contributed by atoms with Crippen LogP contribution in [0.3, 0.4) is 0 Å². The van der Waals surface area contributed by atoms with E-state index < -0.39 is 10.8 Å². The van der Waals surface area contributed by atoms with E-state index in [0.29, 0.717) is 34.6 Å². The Morgan fingerprint density at radius 3 is 2.44 bits per heavy atom. The maximum atomic E-state index is 12.2. The van der Waals surface area contributed by atoms with E-state index >= 15 is 0 Å². The summed E-state index contributed by atoms with van der Waals surface area (Å²) in [6.07, 6.45) is 0. The van der Waals surface area contributed by atoms with Crippen LogP contribution in [0.15, 0.2) is 53.5 Å². The molecule has 0 bridgehead atoms. The molecule has 148 valence electrons. The fourth-order valence-electron chi connectivity index (χ4n) is 2.48. The van der Waals surface area contributed by atoms with Crippen LogP contribution in [0, 0.1) is 0 Å². The predicted molar refractivity (Wildman–Crippen MR) is 128 cm³/mol. The van der Waals surface area contributed by atoms with Gasteiger partial charge in [0.2, 0.25) is 0 Å². The molecule has 2 rings (SSSR count). The van der Waals surface area contributed by atoms with Crippen molar-refractivity contribution in [2.45, 2.75) is 12.3 Å². The maximum absolute atomic E-state index is 12.2. The SMILES string of the molecule is CN=C(NCCS(=O)Cc1ccccc1)N(C)Cc1ccc(Cl)c(Cl)c1.I. The number of nitrogens with zero attached hydrogens (tertiary/aromatic N) is 2. The molecule has 0 aromatic heterocycles. The van der Waals surface area contributed by atoms with Crippen molar-refractivity contribution in [3.8, 4) is 0 Å². The van der Waals surface area contributed by atoms with Gasteiger partial charge in [-0.15, -0.1) is 24.0 Å². The summed E-state index contributed by atoms with van der Waals surface area (Å²) in [5.74, 6) is 1.88. The lowest BCUT2D eigenvalue weighted by Crippen LogP contribution is -2.40. The molecule has 0 aliphatic heterocycles. The van der Waals surface area contributed by atoms with Gasteiger partial charge in [0, 0.05) is 49.5 Å². The number of rotatable bonds is 7. The molecule has 27 heavy (non-hydrogen) atoms. The molecule has 0 amide bonds. The fraction of sp³-hybridized carbons (Fsp3) is 0.316. The molecule has 8 heteroatoms. The van der Waals surface area contributed by atoms with Gasteiger partial charge >= 0.3 is 0 Å². The van der Waals surface area contributed by atoms with Crippen LogP contribution in [0.25, 0.3) is 0 Å². The Morgan fingerprint density at radius 2 is 1.81 bits per heavy atom. The van der Waals surface area contributed by atoms with Crippen molar-refractivity contribution in [1.82, 2.24) is 10.2 Å². The van der Waals surface area contributed by atoms with Gasteiger partial charge < -0.3 is 10.2 Å². The van der Waals surface area contributed by atoms with E-state index in [1.807, 2.05) is 54.4 Å². The molecule has 1 atom stereocenters. The summed E-state index contributed by atoms with van der Waals surface area (Å²) >= 11 is 12.0. The standard InChI is InChI=1S/C19H23Cl2N3OS.HI/c1-22-19(24(2)13-16-8-9-17(20)18(21)12-16)23-10-11-26(25)14-15-6-4-3-5-7-15;/h3-9,12H,10-11,13-14H2,1-2H3,(H,22,23);1H. The quantitative estimate of drug-likeness (QED) is 0.318. The third-order valence-electron chi connectivity index (χ3n) is 3.76. The minimum atomic E-state index is -0.914. The lowest BCUT2D eigenvalue weighted by molar-refractivity contribution is 0.479. The van der Waals surface area contributed by atoms with E-state index in [4.69, 9.17) is 23.2 Å². The second kappa shape index (κ2) is 12.6. The molecule has 1 unspecified atom stereocenters. The van der Waals surface area contributed by atoms with Gasteiger partial charge in [0.15, 0.2) is 5.96 Å². The lowest BCUT2D eigenvalue weighted by Gasteiger charge is -2.22. The van der Waals surface area contributed by atoms with E-state index in [1.165, 1.54) is 0 Å². The first kappa shape index (κ1) is 24.2. The summed E-state index contributed by atoms with van der Waals surface area (Å²) in [7, 11) is 2.76. The molecule has 2 aromatic rings. The Hall–Kier alpha value is -0.830. The van der Waals surface area contributed by atoms with Crippen molar-refractivity contribution >= 4 is 63.9 Å². The van der Waals surface area contributed by atoms with Gasteiger partial charge in [0.05, 0.1) is 10.0 Å². The Kier molecular flexibility index (Phi) is 11.3. The molecular weight excluding hydrogens is 516 g/mol. The van der Waals surface area contributed by atoms with Gasteiger partial charge in [-0.05, 0) is 23.3 Å². The van der Waals surface area contributed by atoms with E-state index in [9.17, 15) is 4.21 Å². The van der Waals surface area contributed by atoms with Crippen molar-refractivity contribution in [2.24, 2.45) is 4.99 Å². The molecule has 0 saturated heterocycles. The first-order chi connectivity index (χ1) is 12.5. The average Bonchev–Trinajstić information content (AvgIpc) is 2.62. The van der Waals surface area contributed by atoms with Crippen molar-refractivity contribution in [2.75, 3.05) is 26.4 Å². The zero-order chi connectivity index (χ0) is 18.9. The summed E-state index contributed by atoms with van der Waals surface area (Å²) in [6, 6.07) is 15.5. The van der Waals surface area contributed by atoms with Crippen LogP contribution in [0.1, 0.15) is 11.1 Å². The molecule has 0 aliphatic rings. The van der Waals surface area contributed by atoms with Gasteiger partial charge in [-0.25, -0.2) is 0 Å². The van der Waals surface area contributed by atoms with Crippen LogP contribution in [0.2, 0.25) is 10.0 Å². The third kappa shape index (κ3) is 8.37. The van der Waals surface area contributed by atoms with E-state index in [2.05, 4.69) is 10.3 Å². The topological polar surface area (TPSA) is 44.7 Å². The highest BCUT2D eigenvalue weighted by molar-refractivity contribution is 14.0. The number of hydrogen-bond acceptors (Lipinski definition) is 2. The van der Waals surface area contributed by atoms with Crippen LogP contribution in [0.4, 0.5) is 0 Å². The first-order valence-electron chi connectivity index (χ1n) is 8.24. The Bertz CT molecular complexity index is 775. The maximum Gasteiger partial charge on any atom is 0.193 e. The average molecular weight is 540 g/mol.